The van der Waals surface area contributed by atoms with Crippen molar-refractivity contribution < 1.29 is 31.9 Å². The Morgan fingerprint density at radius 1 is 1.21 bits per heavy atom. The Labute approximate surface area is 228 Å². The Kier molecular flexibility index (Phi) is 8.06. The molecule has 2 aromatic carbocycles. The van der Waals surface area contributed by atoms with E-state index in [0.29, 0.717) is 33.5 Å². The van der Waals surface area contributed by atoms with E-state index >= 15 is 0 Å². The van der Waals surface area contributed by atoms with Crippen molar-refractivity contribution in [1.82, 2.24) is 5.32 Å². The summed E-state index contributed by atoms with van der Waals surface area (Å²) < 4.78 is 44.9. The van der Waals surface area contributed by atoms with Crippen molar-refractivity contribution in [1.29, 1.82) is 0 Å². The van der Waals surface area contributed by atoms with Gasteiger partial charge >= 0.3 is 5.97 Å². The van der Waals surface area contributed by atoms with Gasteiger partial charge in [-0.25, -0.2) is 8.42 Å². The van der Waals surface area contributed by atoms with Gasteiger partial charge in [0.25, 0.3) is 5.91 Å². The average Bonchev–Trinajstić information content (AvgIpc) is 3.19. The Bertz CT molecular complexity index is 1500. The highest BCUT2D eigenvalue weighted by Gasteiger charge is 2.34. The van der Waals surface area contributed by atoms with E-state index < -0.39 is 34.2 Å². The average molecular weight is 558 g/mol. The van der Waals surface area contributed by atoms with E-state index in [0.717, 1.165) is 17.4 Å². The molecular formula is C28H35N3O7S. The van der Waals surface area contributed by atoms with Crippen molar-refractivity contribution in [3.63, 3.8) is 0 Å². The fourth-order valence-electron chi connectivity index (χ4n) is 4.59. The summed E-state index contributed by atoms with van der Waals surface area (Å²) in [6.07, 6.45) is -0.239. The standard InChI is InChI=1S/C28H35N3O7S/c1-15(2)25(29)28(33)36-14-19-13-31(39(6,34)35)22-12-23-21(11-20(22)17(4)37-19)24(27(32)30-5)26(38-23)18-9-7-16(3)8-10-18/h7-12,15,17,19,25H,13-14,29H2,1-6H3,(H,30,32)/t17-,19-,25+/m0/s1. The summed E-state index contributed by atoms with van der Waals surface area (Å²) in [5.74, 6) is -0.642. The van der Waals surface area contributed by atoms with Crippen LogP contribution in [0.4, 0.5) is 5.69 Å². The number of furan rings is 1. The summed E-state index contributed by atoms with van der Waals surface area (Å²) in [6, 6.07) is 10.2. The molecule has 1 aliphatic heterocycles. The largest absolute Gasteiger partial charge is 0.462 e. The number of hydrogen-bond donors (Lipinski definition) is 2. The monoisotopic (exact) mass is 557 g/mol. The molecule has 2 heterocycles. The van der Waals surface area contributed by atoms with Crippen molar-refractivity contribution in [3.8, 4) is 11.3 Å². The van der Waals surface area contributed by atoms with Crippen LogP contribution < -0.4 is 15.4 Å². The molecule has 0 saturated heterocycles. The highest BCUT2D eigenvalue weighted by molar-refractivity contribution is 7.92. The first-order chi connectivity index (χ1) is 18.3. The van der Waals surface area contributed by atoms with Crippen molar-refractivity contribution in [3.05, 3.63) is 53.1 Å². The maximum atomic E-state index is 13.0. The summed E-state index contributed by atoms with van der Waals surface area (Å²) in [5, 5.41) is 3.20. The number of ether oxygens (including phenoxy) is 2. The maximum Gasteiger partial charge on any atom is 0.323 e. The molecule has 1 aliphatic rings. The third kappa shape index (κ3) is 5.80. The smallest absolute Gasteiger partial charge is 0.323 e. The first kappa shape index (κ1) is 28.6. The summed E-state index contributed by atoms with van der Waals surface area (Å²) in [7, 11) is -2.23. The van der Waals surface area contributed by atoms with Crippen molar-refractivity contribution in [2.45, 2.75) is 45.9 Å². The maximum absolute atomic E-state index is 13.0. The lowest BCUT2D eigenvalue weighted by Crippen LogP contribution is -2.42. The number of sulfonamides is 1. The Morgan fingerprint density at radius 3 is 2.46 bits per heavy atom. The number of nitrogens with zero attached hydrogens (tertiary/aromatic N) is 1. The van der Waals surface area contributed by atoms with E-state index in [1.807, 2.05) is 45.0 Å². The molecule has 1 aromatic heterocycles. The van der Waals surface area contributed by atoms with Crippen LogP contribution in [0, 0.1) is 12.8 Å². The molecule has 10 nitrogen and oxygen atoms in total. The van der Waals surface area contributed by atoms with E-state index in [4.69, 9.17) is 19.6 Å². The van der Waals surface area contributed by atoms with Crippen LogP contribution in [0.2, 0.25) is 0 Å². The molecule has 0 unspecified atom stereocenters. The van der Waals surface area contributed by atoms with Crippen LogP contribution in [0.3, 0.4) is 0 Å². The second-order valence-electron chi connectivity index (χ2n) is 10.3. The first-order valence-electron chi connectivity index (χ1n) is 12.8. The number of fused-ring (bicyclic) bond motifs is 2. The van der Waals surface area contributed by atoms with Gasteiger partial charge in [-0.05, 0) is 25.8 Å². The minimum absolute atomic E-state index is 0.0836. The van der Waals surface area contributed by atoms with Crippen LogP contribution in [0.5, 0.6) is 0 Å². The number of anilines is 1. The van der Waals surface area contributed by atoms with Gasteiger partial charge in [-0.1, -0.05) is 43.7 Å². The highest BCUT2D eigenvalue weighted by atomic mass is 32.2. The molecule has 4 rings (SSSR count). The molecule has 0 radical (unpaired) electrons. The Morgan fingerprint density at radius 2 is 1.87 bits per heavy atom. The molecule has 0 aliphatic carbocycles. The zero-order valence-corrected chi connectivity index (χ0v) is 23.8. The number of aryl methyl sites for hydroxylation is 1. The third-order valence-electron chi connectivity index (χ3n) is 6.88. The molecule has 0 bridgehead atoms. The van der Waals surface area contributed by atoms with Gasteiger partial charge in [-0.3, -0.25) is 13.9 Å². The molecule has 1 amide bonds. The van der Waals surface area contributed by atoms with Gasteiger partial charge in [-0.15, -0.1) is 0 Å². The molecule has 3 atom stereocenters. The van der Waals surface area contributed by atoms with Crippen LogP contribution in [0.25, 0.3) is 22.3 Å². The highest BCUT2D eigenvalue weighted by Crippen LogP contribution is 2.42. The number of rotatable bonds is 7. The number of amides is 1. The molecule has 3 aromatic rings. The van der Waals surface area contributed by atoms with Gasteiger partial charge in [0, 0.05) is 29.6 Å². The zero-order valence-electron chi connectivity index (χ0n) is 23.0. The summed E-state index contributed by atoms with van der Waals surface area (Å²) in [6.45, 7) is 7.12. The van der Waals surface area contributed by atoms with E-state index in [2.05, 4.69) is 5.32 Å². The quantitative estimate of drug-likeness (QED) is 0.421. The van der Waals surface area contributed by atoms with Gasteiger partial charge in [0.15, 0.2) is 0 Å². The molecule has 3 N–H and O–H groups in total. The van der Waals surface area contributed by atoms with Gasteiger partial charge in [0.1, 0.15) is 30.1 Å². The van der Waals surface area contributed by atoms with Gasteiger partial charge < -0.3 is 24.9 Å². The zero-order chi connectivity index (χ0) is 28.6. The van der Waals surface area contributed by atoms with Crippen LogP contribution in [-0.4, -0.2) is 58.9 Å². The van der Waals surface area contributed by atoms with Crippen LogP contribution >= 0.6 is 0 Å². The Balaban J connectivity index is 1.80. The number of carbonyl (C=O) groups excluding carboxylic acids is 2. The number of benzene rings is 2. The second kappa shape index (κ2) is 11.0. The van der Waals surface area contributed by atoms with Crippen LogP contribution in [0.1, 0.15) is 48.4 Å². The summed E-state index contributed by atoms with van der Waals surface area (Å²) >= 11 is 0. The number of nitrogens with two attached hydrogens (primary N) is 1. The first-order valence-corrected chi connectivity index (χ1v) is 14.6. The molecule has 11 heteroatoms. The molecule has 210 valence electrons. The molecule has 0 fully saturated rings. The minimum atomic E-state index is -3.77. The SMILES string of the molecule is CNC(=O)c1c(-c2ccc(C)cc2)oc2cc3c(cc12)[C@H](C)O[C@H](COC(=O)[C@H](N)C(C)C)CN3S(C)(=O)=O. The van der Waals surface area contributed by atoms with Gasteiger partial charge in [0.2, 0.25) is 10.0 Å². The second-order valence-corrected chi connectivity index (χ2v) is 12.2. The normalized spacial score (nSPS) is 18.5. The minimum Gasteiger partial charge on any atom is -0.462 e. The lowest BCUT2D eigenvalue weighted by atomic mass is 10.00. The number of carbonyl (C=O) groups is 2. The number of esters is 1. The van der Waals surface area contributed by atoms with Crippen LogP contribution in [-0.2, 0) is 24.3 Å². The predicted molar refractivity (Wildman–Crippen MR) is 149 cm³/mol. The van der Waals surface area contributed by atoms with E-state index in [1.165, 1.54) is 11.4 Å². The topological polar surface area (TPSA) is 141 Å². The number of hydrogen-bond acceptors (Lipinski definition) is 8. The lowest BCUT2D eigenvalue weighted by Gasteiger charge is -2.25. The van der Waals surface area contributed by atoms with Crippen molar-refractivity contribution in [2.24, 2.45) is 11.7 Å². The van der Waals surface area contributed by atoms with Crippen molar-refractivity contribution >= 4 is 38.6 Å². The molecule has 0 spiro atoms. The third-order valence-corrected chi connectivity index (χ3v) is 8.03. The van der Waals surface area contributed by atoms with E-state index in [9.17, 15) is 18.0 Å². The van der Waals surface area contributed by atoms with Crippen LogP contribution in [0.15, 0.2) is 40.8 Å². The molecular weight excluding hydrogens is 522 g/mol. The van der Waals surface area contributed by atoms with Gasteiger partial charge in [-0.2, -0.15) is 0 Å². The summed E-state index contributed by atoms with van der Waals surface area (Å²) in [4.78, 5) is 25.4. The summed E-state index contributed by atoms with van der Waals surface area (Å²) in [5.41, 5.74) is 9.30. The fraction of sp³-hybridized carbons (Fsp3) is 0.429. The van der Waals surface area contributed by atoms with E-state index in [-0.39, 0.29) is 25.0 Å². The lowest BCUT2D eigenvalue weighted by molar-refractivity contribution is -0.151. The molecule has 39 heavy (non-hydrogen) atoms. The fourth-order valence-corrected chi connectivity index (χ4v) is 5.54. The Hall–Kier alpha value is -3.41. The molecule has 0 saturated carbocycles. The van der Waals surface area contributed by atoms with E-state index in [1.54, 1.807) is 19.1 Å². The predicted octanol–water partition coefficient (Wildman–Crippen LogP) is 3.52. The van der Waals surface area contributed by atoms with Gasteiger partial charge in [0.05, 0.1) is 30.2 Å². The van der Waals surface area contributed by atoms with Crippen molar-refractivity contribution in [2.75, 3.05) is 30.8 Å². The number of nitrogens with one attached hydrogen (secondary N) is 1.